The third kappa shape index (κ3) is 2.63. The molecular weight excluding hydrogens is 288 g/mol. The first-order chi connectivity index (χ1) is 10.2. The number of para-hydroxylation sites is 1. The highest BCUT2D eigenvalue weighted by Gasteiger charge is 2.15. The molecule has 0 bridgehead atoms. The minimum absolute atomic E-state index is 0.242. The van der Waals surface area contributed by atoms with Crippen molar-refractivity contribution in [2.75, 3.05) is 0 Å². The fraction of sp³-hybridized carbons (Fsp3) is 0.0625. The van der Waals surface area contributed by atoms with Crippen LogP contribution < -0.4 is 5.48 Å². The molecule has 0 amide bonds. The number of furan rings is 1. The molecule has 2 N–H and O–H groups in total. The number of rotatable bonds is 2. The van der Waals surface area contributed by atoms with Gasteiger partial charge in [-0.3, -0.25) is 5.21 Å². The molecule has 4 nitrogen and oxygen atoms in total. The Bertz CT molecular complexity index is 824. The Kier molecular flexibility index (Phi) is 3.64. The van der Waals surface area contributed by atoms with Crippen LogP contribution in [0.2, 0.25) is 5.02 Å². The molecule has 0 spiro atoms. The summed E-state index contributed by atoms with van der Waals surface area (Å²) in [5, 5.41) is 11.0. The van der Waals surface area contributed by atoms with Crippen molar-refractivity contribution in [2.24, 2.45) is 4.99 Å². The molecule has 0 aliphatic carbocycles. The van der Waals surface area contributed by atoms with Crippen LogP contribution in [0.3, 0.4) is 0 Å². The van der Waals surface area contributed by atoms with E-state index in [-0.39, 0.29) is 5.84 Å². The SMILES string of the molecule is Cc1c(C(=Nc2cccc(Cl)c2)NO)oc2ccccc12. The van der Waals surface area contributed by atoms with Gasteiger partial charge >= 0.3 is 0 Å². The monoisotopic (exact) mass is 300 g/mol. The predicted octanol–water partition coefficient (Wildman–Crippen LogP) is 4.45. The third-order valence-electron chi connectivity index (χ3n) is 3.21. The Morgan fingerprint density at radius 1 is 1.19 bits per heavy atom. The highest BCUT2D eigenvalue weighted by molar-refractivity contribution is 6.30. The summed E-state index contributed by atoms with van der Waals surface area (Å²) < 4.78 is 5.77. The lowest BCUT2D eigenvalue weighted by atomic mass is 10.1. The maximum atomic E-state index is 9.39. The lowest BCUT2D eigenvalue weighted by Crippen LogP contribution is -2.20. The van der Waals surface area contributed by atoms with Crippen molar-refractivity contribution >= 4 is 34.1 Å². The Labute approximate surface area is 126 Å². The van der Waals surface area contributed by atoms with E-state index in [2.05, 4.69) is 10.5 Å². The van der Waals surface area contributed by atoms with Crippen LogP contribution in [0.5, 0.6) is 0 Å². The van der Waals surface area contributed by atoms with E-state index < -0.39 is 0 Å². The van der Waals surface area contributed by atoms with Gasteiger partial charge in [-0.25, -0.2) is 10.5 Å². The number of aryl methyl sites for hydroxylation is 1. The van der Waals surface area contributed by atoms with Crippen LogP contribution in [0.25, 0.3) is 11.0 Å². The van der Waals surface area contributed by atoms with Gasteiger partial charge in [0.2, 0.25) is 0 Å². The second-order valence-electron chi connectivity index (χ2n) is 4.60. The molecule has 5 heteroatoms. The molecule has 21 heavy (non-hydrogen) atoms. The summed E-state index contributed by atoms with van der Waals surface area (Å²) in [5.41, 5.74) is 4.38. The third-order valence-corrected chi connectivity index (χ3v) is 3.45. The summed E-state index contributed by atoms with van der Waals surface area (Å²) >= 11 is 5.94. The van der Waals surface area contributed by atoms with Crippen LogP contribution in [0.1, 0.15) is 11.3 Å². The van der Waals surface area contributed by atoms with Gasteiger partial charge in [0.15, 0.2) is 11.6 Å². The van der Waals surface area contributed by atoms with Crippen LogP contribution in [-0.2, 0) is 0 Å². The number of amidine groups is 1. The Morgan fingerprint density at radius 3 is 2.71 bits per heavy atom. The second-order valence-corrected chi connectivity index (χ2v) is 5.04. The van der Waals surface area contributed by atoms with Crippen LogP contribution in [0.15, 0.2) is 57.9 Å². The maximum absolute atomic E-state index is 9.39. The van der Waals surface area contributed by atoms with E-state index in [1.807, 2.05) is 31.2 Å². The standard InChI is InChI=1S/C16H13ClN2O2/c1-10-13-7-2-3-8-14(13)21-15(10)16(19-20)18-12-6-4-5-11(17)9-12/h2-9,20H,1H3,(H,18,19). The van der Waals surface area contributed by atoms with Crippen molar-refractivity contribution in [3.8, 4) is 0 Å². The molecule has 0 radical (unpaired) electrons. The lowest BCUT2D eigenvalue weighted by Gasteiger charge is -2.03. The molecule has 0 atom stereocenters. The summed E-state index contributed by atoms with van der Waals surface area (Å²) in [6.07, 6.45) is 0. The largest absolute Gasteiger partial charge is 0.452 e. The molecule has 2 aromatic carbocycles. The van der Waals surface area contributed by atoms with Gasteiger partial charge < -0.3 is 4.42 Å². The normalized spacial score (nSPS) is 11.9. The smallest absolute Gasteiger partial charge is 0.194 e. The number of aliphatic imine (C=N–C) groups is 1. The molecule has 1 heterocycles. The summed E-state index contributed by atoms with van der Waals surface area (Å²) in [5.74, 6) is 0.740. The number of hydroxylamine groups is 1. The van der Waals surface area contributed by atoms with Crippen molar-refractivity contribution in [3.63, 3.8) is 0 Å². The van der Waals surface area contributed by atoms with Crippen LogP contribution >= 0.6 is 11.6 Å². The molecule has 0 saturated heterocycles. The first-order valence-corrected chi connectivity index (χ1v) is 6.79. The van der Waals surface area contributed by atoms with E-state index in [1.54, 1.807) is 24.3 Å². The minimum atomic E-state index is 0.242. The first kappa shape index (κ1) is 13.7. The maximum Gasteiger partial charge on any atom is 0.194 e. The molecular formula is C16H13ClN2O2. The van der Waals surface area contributed by atoms with Crippen LogP contribution in [-0.4, -0.2) is 11.0 Å². The fourth-order valence-electron chi connectivity index (χ4n) is 2.20. The lowest BCUT2D eigenvalue weighted by molar-refractivity contribution is 0.233. The van der Waals surface area contributed by atoms with Gasteiger partial charge in [0.1, 0.15) is 5.58 Å². The molecule has 3 rings (SSSR count). The summed E-state index contributed by atoms with van der Waals surface area (Å²) in [6.45, 7) is 1.92. The van der Waals surface area contributed by atoms with E-state index in [9.17, 15) is 5.21 Å². The van der Waals surface area contributed by atoms with E-state index >= 15 is 0 Å². The molecule has 106 valence electrons. The van der Waals surface area contributed by atoms with Gasteiger partial charge in [0, 0.05) is 16.0 Å². The zero-order valence-corrected chi connectivity index (χ0v) is 12.1. The van der Waals surface area contributed by atoms with E-state index in [1.165, 1.54) is 0 Å². The molecule has 0 aliphatic heterocycles. The number of halogens is 1. The van der Waals surface area contributed by atoms with Crippen molar-refractivity contribution in [3.05, 3.63) is 64.9 Å². The molecule has 0 saturated carbocycles. The Balaban J connectivity index is 2.12. The summed E-state index contributed by atoms with van der Waals surface area (Å²) in [4.78, 5) is 4.34. The van der Waals surface area contributed by atoms with E-state index in [0.29, 0.717) is 16.5 Å². The number of hydrogen-bond acceptors (Lipinski definition) is 3. The fourth-order valence-corrected chi connectivity index (χ4v) is 2.39. The Hall–Kier alpha value is -2.30. The number of hydrogen-bond donors (Lipinski definition) is 2. The number of nitrogens with zero attached hydrogens (tertiary/aromatic N) is 1. The van der Waals surface area contributed by atoms with Gasteiger partial charge in [-0.1, -0.05) is 35.9 Å². The molecule has 0 unspecified atom stereocenters. The zero-order valence-electron chi connectivity index (χ0n) is 11.3. The number of fused-ring (bicyclic) bond motifs is 1. The summed E-state index contributed by atoms with van der Waals surface area (Å²) in [7, 11) is 0. The predicted molar refractivity (Wildman–Crippen MR) is 83.5 cm³/mol. The van der Waals surface area contributed by atoms with E-state index in [0.717, 1.165) is 16.5 Å². The van der Waals surface area contributed by atoms with Crippen molar-refractivity contribution in [1.82, 2.24) is 5.48 Å². The second kappa shape index (κ2) is 5.60. The molecule has 1 aromatic heterocycles. The average molecular weight is 301 g/mol. The van der Waals surface area contributed by atoms with Gasteiger partial charge in [-0.2, -0.15) is 0 Å². The zero-order chi connectivity index (χ0) is 14.8. The highest BCUT2D eigenvalue weighted by atomic mass is 35.5. The minimum Gasteiger partial charge on any atom is -0.452 e. The first-order valence-electron chi connectivity index (χ1n) is 6.42. The van der Waals surface area contributed by atoms with Crippen LogP contribution in [0.4, 0.5) is 5.69 Å². The van der Waals surface area contributed by atoms with Crippen molar-refractivity contribution in [1.29, 1.82) is 0 Å². The topological polar surface area (TPSA) is 57.8 Å². The van der Waals surface area contributed by atoms with Gasteiger partial charge in [0.25, 0.3) is 0 Å². The van der Waals surface area contributed by atoms with Gasteiger partial charge in [-0.15, -0.1) is 0 Å². The molecule has 0 fully saturated rings. The molecule has 0 aliphatic rings. The van der Waals surface area contributed by atoms with E-state index in [4.69, 9.17) is 16.0 Å². The van der Waals surface area contributed by atoms with Crippen molar-refractivity contribution in [2.45, 2.75) is 6.92 Å². The highest BCUT2D eigenvalue weighted by Crippen LogP contribution is 2.26. The Morgan fingerprint density at radius 2 is 2.00 bits per heavy atom. The number of nitrogens with one attached hydrogen (secondary N) is 1. The quantitative estimate of drug-likeness (QED) is 0.417. The van der Waals surface area contributed by atoms with Crippen LogP contribution in [0, 0.1) is 6.92 Å². The molecule has 3 aromatic rings. The van der Waals surface area contributed by atoms with Gasteiger partial charge in [-0.05, 0) is 31.2 Å². The average Bonchev–Trinajstić information content (AvgIpc) is 2.82. The van der Waals surface area contributed by atoms with Gasteiger partial charge in [0.05, 0.1) is 5.69 Å². The number of benzene rings is 2. The summed E-state index contributed by atoms with van der Waals surface area (Å²) in [6, 6.07) is 14.7. The van der Waals surface area contributed by atoms with Crippen molar-refractivity contribution < 1.29 is 9.62 Å².